The smallest absolute Gasteiger partial charge is 0.252 e. The van der Waals surface area contributed by atoms with Crippen molar-refractivity contribution in [1.29, 1.82) is 5.41 Å². The van der Waals surface area contributed by atoms with Crippen molar-refractivity contribution < 1.29 is 4.79 Å². The second-order valence-electron chi connectivity index (χ2n) is 5.81. The first-order valence-corrected chi connectivity index (χ1v) is 8.90. The molecule has 0 spiro atoms. The first-order valence-electron chi connectivity index (χ1n) is 8.90. The minimum Gasteiger partial charge on any atom is -0.307 e. The van der Waals surface area contributed by atoms with Crippen LogP contribution in [0.15, 0.2) is 66.4 Å². The molecule has 3 aromatic rings. The Hall–Kier alpha value is -3.34. The zero-order valence-corrected chi connectivity index (χ0v) is 16.1. The Kier molecular flexibility index (Phi) is 6.94. The zero-order valence-electron chi connectivity index (χ0n) is 16.1. The maximum Gasteiger partial charge on any atom is 0.252 e. The van der Waals surface area contributed by atoms with E-state index in [0.717, 1.165) is 16.5 Å². The normalized spacial score (nSPS) is 10.7. The van der Waals surface area contributed by atoms with Crippen molar-refractivity contribution in [2.24, 2.45) is 0 Å². The van der Waals surface area contributed by atoms with Crippen LogP contribution in [-0.2, 0) is 4.79 Å². The van der Waals surface area contributed by atoms with Crippen LogP contribution < -0.4 is 5.32 Å². The Labute approximate surface area is 159 Å². The van der Waals surface area contributed by atoms with Crippen molar-refractivity contribution in [2.45, 2.75) is 27.7 Å². The van der Waals surface area contributed by atoms with Crippen molar-refractivity contribution in [3.05, 3.63) is 77.5 Å². The number of allylic oxidation sites excluding steroid dienone is 1. The van der Waals surface area contributed by atoms with Gasteiger partial charge in [0.1, 0.15) is 5.82 Å². The lowest BCUT2D eigenvalue weighted by molar-refractivity contribution is -0.112. The minimum atomic E-state index is -0.291. The molecule has 2 N–H and O–H groups in total. The first-order chi connectivity index (χ1) is 13.0. The third kappa shape index (κ3) is 5.31. The highest BCUT2D eigenvalue weighted by Crippen LogP contribution is 2.13. The van der Waals surface area contributed by atoms with E-state index < -0.39 is 0 Å². The fourth-order valence-corrected chi connectivity index (χ4v) is 2.42. The third-order valence-electron chi connectivity index (χ3n) is 3.75. The van der Waals surface area contributed by atoms with Crippen LogP contribution in [0.2, 0.25) is 0 Å². The fourth-order valence-electron chi connectivity index (χ4n) is 2.42. The van der Waals surface area contributed by atoms with E-state index in [1.165, 1.54) is 0 Å². The Balaban J connectivity index is 0.00000126. The number of fused-ring (bicyclic) bond motifs is 1. The Morgan fingerprint density at radius 1 is 1.11 bits per heavy atom. The van der Waals surface area contributed by atoms with E-state index in [9.17, 15) is 4.79 Å². The summed E-state index contributed by atoms with van der Waals surface area (Å²) < 4.78 is 0. The van der Waals surface area contributed by atoms with Crippen LogP contribution in [0.4, 0.5) is 5.82 Å². The zero-order chi connectivity index (χ0) is 19.8. The van der Waals surface area contributed by atoms with Crippen LogP contribution in [-0.4, -0.2) is 21.6 Å². The molecule has 2 aromatic heterocycles. The molecule has 0 unspecified atom stereocenters. The molecule has 0 saturated heterocycles. The van der Waals surface area contributed by atoms with Gasteiger partial charge in [-0.15, -0.1) is 0 Å². The molecule has 2 heterocycles. The summed E-state index contributed by atoms with van der Waals surface area (Å²) in [6.45, 7) is 7.65. The van der Waals surface area contributed by atoms with E-state index in [1.54, 1.807) is 25.3 Å². The van der Waals surface area contributed by atoms with Gasteiger partial charge >= 0.3 is 0 Å². The lowest BCUT2D eigenvalue weighted by atomic mass is 10.1. The van der Waals surface area contributed by atoms with Gasteiger partial charge in [-0.2, -0.15) is 0 Å². The average molecular weight is 360 g/mol. The molecule has 0 aliphatic rings. The van der Waals surface area contributed by atoms with Gasteiger partial charge in [0.05, 0.1) is 5.71 Å². The summed E-state index contributed by atoms with van der Waals surface area (Å²) in [5, 5.41) is 11.8. The number of rotatable bonds is 4. The summed E-state index contributed by atoms with van der Waals surface area (Å²) in [5.41, 5.74) is 3.17. The van der Waals surface area contributed by atoms with Gasteiger partial charge in [0, 0.05) is 17.2 Å². The van der Waals surface area contributed by atoms with E-state index in [4.69, 9.17) is 5.41 Å². The lowest BCUT2D eigenvalue weighted by Gasteiger charge is -2.06. The predicted octanol–water partition coefficient (Wildman–Crippen LogP) is 4.92. The number of carbonyl (C=O) groups excluding carboxylic acids is 1. The summed E-state index contributed by atoms with van der Waals surface area (Å²) >= 11 is 0. The van der Waals surface area contributed by atoms with Crippen molar-refractivity contribution in [3.8, 4) is 0 Å². The SMILES string of the molecule is C/C(=C\C(=N)c1cccc(C)c1)C(=O)Nc1ccc2cccnc2n1.CC. The Morgan fingerprint density at radius 3 is 2.63 bits per heavy atom. The lowest BCUT2D eigenvalue weighted by Crippen LogP contribution is -2.15. The number of hydrogen-bond acceptors (Lipinski definition) is 4. The number of amides is 1. The Bertz CT molecular complexity index is 992. The van der Waals surface area contributed by atoms with Crippen molar-refractivity contribution in [3.63, 3.8) is 0 Å². The molecule has 1 amide bonds. The van der Waals surface area contributed by atoms with Crippen molar-refractivity contribution in [1.82, 2.24) is 9.97 Å². The summed E-state index contributed by atoms with van der Waals surface area (Å²) in [4.78, 5) is 20.8. The number of aromatic nitrogens is 2. The maximum absolute atomic E-state index is 12.3. The number of aryl methyl sites for hydroxylation is 1. The molecular weight excluding hydrogens is 336 g/mol. The molecule has 27 heavy (non-hydrogen) atoms. The predicted molar refractivity (Wildman–Crippen MR) is 111 cm³/mol. The van der Waals surface area contributed by atoms with E-state index in [-0.39, 0.29) is 5.91 Å². The number of hydrogen-bond donors (Lipinski definition) is 2. The highest BCUT2D eigenvalue weighted by molar-refractivity contribution is 6.13. The molecule has 1 aromatic carbocycles. The van der Waals surface area contributed by atoms with E-state index >= 15 is 0 Å². The second kappa shape index (κ2) is 9.38. The topological polar surface area (TPSA) is 78.7 Å². The molecule has 5 nitrogen and oxygen atoms in total. The summed E-state index contributed by atoms with van der Waals surface area (Å²) in [5.74, 6) is 0.145. The number of nitrogens with one attached hydrogen (secondary N) is 2. The van der Waals surface area contributed by atoms with Gasteiger partial charge in [-0.05, 0) is 55.8 Å². The van der Waals surface area contributed by atoms with Crippen LogP contribution >= 0.6 is 0 Å². The molecule has 3 rings (SSSR count). The molecule has 0 bridgehead atoms. The quantitative estimate of drug-likeness (QED) is 0.512. The third-order valence-corrected chi connectivity index (χ3v) is 3.75. The maximum atomic E-state index is 12.3. The van der Waals surface area contributed by atoms with E-state index in [1.807, 2.05) is 63.2 Å². The molecule has 0 radical (unpaired) electrons. The largest absolute Gasteiger partial charge is 0.307 e. The van der Waals surface area contributed by atoms with Crippen molar-refractivity contribution in [2.75, 3.05) is 5.32 Å². The average Bonchev–Trinajstić information content (AvgIpc) is 2.69. The van der Waals surface area contributed by atoms with Gasteiger partial charge in [0.15, 0.2) is 5.65 Å². The van der Waals surface area contributed by atoms with Gasteiger partial charge in [-0.1, -0.05) is 37.6 Å². The molecule has 5 heteroatoms. The fraction of sp³-hybridized carbons (Fsp3) is 0.182. The first kappa shape index (κ1) is 20.0. The van der Waals surface area contributed by atoms with Crippen LogP contribution in [0.5, 0.6) is 0 Å². The molecular formula is C22H24N4O. The molecule has 0 saturated carbocycles. The monoisotopic (exact) mass is 360 g/mol. The number of pyridine rings is 2. The molecule has 0 aliphatic carbocycles. The van der Waals surface area contributed by atoms with E-state index in [0.29, 0.717) is 22.7 Å². The van der Waals surface area contributed by atoms with Gasteiger partial charge in [0.25, 0.3) is 5.91 Å². The highest BCUT2D eigenvalue weighted by Gasteiger charge is 2.08. The van der Waals surface area contributed by atoms with Gasteiger partial charge < -0.3 is 10.7 Å². The van der Waals surface area contributed by atoms with Crippen molar-refractivity contribution >= 4 is 28.5 Å². The highest BCUT2D eigenvalue weighted by atomic mass is 16.1. The summed E-state index contributed by atoms with van der Waals surface area (Å²) in [6, 6.07) is 15.0. The van der Waals surface area contributed by atoms with E-state index in [2.05, 4.69) is 15.3 Å². The van der Waals surface area contributed by atoms with Crippen LogP contribution in [0.25, 0.3) is 11.0 Å². The molecule has 0 fully saturated rings. The van der Waals surface area contributed by atoms with Gasteiger partial charge in [-0.25, -0.2) is 9.97 Å². The van der Waals surface area contributed by atoms with Crippen LogP contribution in [0.1, 0.15) is 31.9 Å². The van der Waals surface area contributed by atoms with Gasteiger partial charge in [-0.3, -0.25) is 4.79 Å². The minimum absolute atomic E-state index is 0.291. The number of carbonyl (C=O) groups is 1. The molecule has 0 atom stereocenters. The van der Waals surface area contributed by atoms with Crippen LogP contribution in [0.3, 0.4) is 0 Å². The second-order valence-corrected chi connectivity index (χ2v) is 5.81. The standard InChI is InChI=1S/C20H18N4O.C2H6/c1-13-5-3-6-16(11-13)17(21)12-14(2)20(25)24-18-9-8-15-7-4-10-22-19(15)23-18;1-2/h3-12,21H,1-2H3,(H,22,23,24,25);1-2H3/b14-12+,21-17?;. The number of benzene rings is 1. The molecule has 138 valence electrons. The Morgan fingerprint density at radius 2 is 1.89 bits per heavy atom. The number of anilines is 1. The molecule has 0 aliphatic heterocycles. The summed E-state index contributed by atoms with van der Waals surface area (Å²) in [6.07, 6.45) is 3.22. The van der Waals surface area contributed by atoms with Gasteiger partial charge in [0.2, 0.25) is 0 Å². The summed E-state index contributed by atoms with van der Waals surface area (Å²) in [7, 11) is 0. The van der Waals surface area contributed by atoms with Crippen LogP contribution in [0, 0.1) is 12.3 Å². The number of nitrogens with zero attached hydrogens (tertiary/aromatic N) is 2.